The lowest BCUT2D eigenvalue weighted by molar-refractivity contribution is 0.0693. The first-order valence-corrected chi connectivity index (χ1v) is 10.4. The van der Waals surface area contributed by atoms with Gasteiger partial charge in [0.1, 0.15) is 18.5 Å². The van der Waals surface area contributed by atoms with Crippen LogP contribution in [0.5, 0.6) is 5.75 Å². The van der Waals surface area contributed by atoms with Crippen molar-refractivity contribution in [3.8, 4) is 5.75 Å². The molecular weight excluding hydrogens is 350 g/mol. The molecule has 0 radical (unpaired) electrons. The van der Waals surface area contributed by atoms with Gasteiger partial charge in [0.25, 0.3) is 0 Å². The highest BCUT2D eigenvalue weighted by Crippen LogP contribution is 2.16. The fourth-order valence-corrected chi connectivity index (χ4v) is 3.77. The molecule has 1 aromatic heterocycles. The van der Waals surface area contributed by atoms with Crippen molar-refractivity contribution in [2.75, 3.05) is 33.3 Å². The van der Waals surface area contributed by atoms with Crippen LogP contribution in [0.15, 0.2) is 48.8 Å². The highest BCUT2D eigenvalue weighted by atomic mass is 16.5. The van der Waals surface area contributed by atoms with Crippen molar-refractivity contribution < 1.29 is 9.84 Å². The molecule has 0 saturated carbocycles. The Kier molecular flexibility index (Phi) is 8.27. The van der Waals surface area contributed by atoms with E-state index in [9.17, 15) is 5.11 Å². The summed E-state index contributed by atoms with van der Waals surface area (Å²) in [6, 6.07) is 12.2. The van der Waals surface area contributed by atoms with E-state index < -0.39 is 6.10 Å². The molecule has 1 aliphatic rings. The van der Waals surface area contributed by atoms with Crippen LogP contribution in [-0.4, -0.2) is 59.3 Å². The molecule has 3 rings (SSSR count). The minimum atomic E-state index is -0.449. The summed E-state index contributed by atoms with van der Waals surface area (Å²) in [4.78, 5) is 8.79. The summed E-state index contributed by atoms with van der Waals surface area (Å²) in [6.07, 6.45) is 8.35. The highest BCUT2D eigenvalue weighted by Gasteiger charge is 2.14. The van der Waals surface area contributed by atoms with Crippen LogP contribution in [0.4, 0.5) is 0 Å². The van der Waals surface area contributed by atoms with Gasteiger partial charge in [-0.3, -0.25) is 9.88 Å². The van der Waals surface area contributed by atoms with E-state index in [1.165, 1.54) is 36.8 Å². The van der Waals surface area contributed by atoms with Gasteiger partial charge >= 0.3 is 0 Å². The monoisotopic (exact) mass is 383 g/mol. The Labute approximate surface area is 169 Å². The van der Waals surface area contributed by atoms with Gasteiger partial charge in [0.15, 0.2) is 0 Å². The van der Waals surface area contributed by atoms with E-state index in [1.54, 1.807) is 6.20 Å². The van der Waals surface area contributed by atoms with Crippen LogP contribution in [0.3, 0.4) is 0 Å². The predicted octanol–water partition coefficient (Wildman–Crippen LogP) is 3.33. The molecule has 0 spiro atoms. The lowest BCUT2D eigenvalue weighted by atomic mass is 10.2. The number of rotatable bonds is 9. The molecule has 1 aliphatic heterocycles. The van der Waals surface area contributed by atoms with E-state index >= 15 is 0 Å². The summed E-state index contributed by atoms with van der Waals surface area (Å²) >= 11 is 0. The van der Waals surface area contributed by atoms with Crippen molar-refractivity contribution >= 4 is 0 Å². The van der Waals surface area contributed by atoms with Gasteiger partial charge in [0, 0.05) is 32.0 Å². The molecule has 0 amide bonds. The van der Waals surface area contributed by atoms with E-state index in [2.05, 4.69) is 40.0 Å². The van der Waals surface area contributed by atoms with Crippen LogP contribution < -0.4 is 4.74 Å². The first kappa shape index (κ1) is 20.8. The van der Waals surface area contributed by atoms with Gasteiger partial charge in [0.05, 0.1) is 0 Å². The highest BCUT2D eigenvalue weighted by molar-refractivity contribution is 5.28. The average molecular weight is 384 g/mol. The van der Waals surface area contributed by atoms with E-state index in [1.807, 2.05) is 24.4 Å². The van der Waals surface area contributed by atoms with Crippen molar-refractivity contribution in [3.05, 3.63) is 59.9 Å². The molecule has 1 fully saturated rings. The molecule has 0 unspecified atom stereocenters. The molecule has 1 aromatic carbocycles. The van der Waals surface area contributed by atoms with Gasteiger partial charge < -0.3 is 14.7 Å². The maximum absolute atomic E-state index is 10.4. The van der Waals surface area contributed by atoms with Crippen molar-refractivity contribution in [1.82, 2.24) is 14.8 Å². The number of benzene rings is 1. The number of aromatic nitrogens is 1. The number of aliphatic hydroxyl groups is 1. The lowest BCUT2D eigenvalue weighted by Gasteiger charge is -2.23. The maximum Gasteiger partial charge on any atom is 0.119 e. The van der Waals surface area contributed by atoms with Crippen molar-refractivity contribution in [2.24, 2.45) is 0 Å². The summed E-state index contributed by atoms with van der Waals surface area (Å²) < 4.78 is 5.88. The molecule has 1 atom stereocenters. The smallest absolute Gasteiger partial charge is 0.119 e. The topological polar surface area (TPSA) is 48.8 Å². The molecule has 28 heavy (non-hydrogen) atoms. The van der Waals surface area contributed by atoms with E-state index in [-0.39, 0.29) is 0 Å². The minimum absolute atomic E-state index is 0.339. The molecule has 2 aromatic rings. The summed E-state index contributed by atoms with van der Waals surface area (Å²) in [7, 11) is 2.10. The number of hydrogen-bond acceptors (Lipinski definition) is 5. The number of likely N-dealkylation sites (tertiary alicyclic amines) is 1. The van der Waals surface area contributed by atoms with Gasteiger partial charge in [-0.15, -0.1) is 0 Å². The lowest BCUT2D eigenvalue weighted by Crippen LogP contribution is -2.36. The number of β-amino-alcohol motifs (C(OH)–C–C–N with tert-alkyl or cyclic N) is 1. The molecule has 1 saturated heterocycles. The van der Waals surface area contributed by atoms with Crippen LogP contribution in [-0.2, 0) is 13.1 Å². The van der Waals surface area contributed by atoms with Crippen molar-refractivity contribution in [2.45, 2.75) is 44.9 Å². The van der Waals surface area contributed by atoms with Gasteiger partial charge in [-0.25, -0.2) is 0 Å². The van der Waals surface area contributed by atoms with E-state index in [0.717, 1.165) is 31.9 Å². The third kappa shape index (κ3) is 7.23. The van der Waals surface area contributed by atoms with Gasteiger partial charge in [-0.2, -0.15) is 0 Å². The fraction of sp³-hybridized carbons (Fsp3) is 0.522. The van der Waals surface area contributed by atoms with E-state index in [0.29, 0.717) is 13.2 Å². The third-order valence-electron chi connectivity index (χ3n) is 5.14. The Morgan fingerprint density at radius 2 is 1.82 bits per heavy atom. The zero-order chi connectivity index (χ0) is 19.6. The normalized spacial score (nSPS) is 16.7. The summed E-state index contributed by atoms with van der Waals surface area (Å²) in [5.41, 5.74) is 2.40. The van der Waals surface area contributed by atoms with Crippen LogP contribution in [0, 0.1) is 0 Å². The third-order valence-corrected chi connectivity index (χ3v) is 5.14. The molecule has 152 valence electrons. The summed E-state index contributed by atoms with van der Waals surface area (Å²) in [5, 5.41) is 10.4. The summed E-state index contributed by atoms with van der Waals surface area (Å²) in [6.45, 7) is 4.92. The molecule has 0 bridgehead atoms. The SMILES string of the molecule is CN(Cc1cccnc1)Cc1cccc(OC[C@@H](O)CN2CCCCCC2)c1. The molecule has 2 heterocycles. The number of pyridine rings is 1. The van der Waals surface area contributed by atoms with Crippen LogP contribution >= 0.6 is 0 Å². The molecular formula is C23H33N3O2. The first-order valence-electron chi connectivity index (χ1n) is 10.4. The second-order valence-corrected chi connectivity index (χ2v) is 7.86. The van der Waals surface area contributed by atoms with Gasteiger partial charge in [-0.1, -0.05) is 31.0 Å². The standard InChI is InChI=1S/C23H33N3O2/c1-25(17-21-9-7-11-24-15-21)16-20-8-6-10-23(14-20)28-19-22(27)18-26-12-4-2-3-5-13-26/h6-11,14-15,22,27H,2-5,12-13,16-19H2,1H3/t22-/m0/s1. The largest absolute Gasteiger partial charge is 0.491 e. The molecule has 5 nitrogen and oxygen atoms in total. The van der Waals surface area contributed by atoms with Crippen molar-refractivity contribution in [1.29, 1.82) is 0 Å². The van der Waals surface area contributed by atoms with E-state index in [4.69, 9.17) is 4.74 Å². The molecule has 1 N–H and O–H groups in total. The number of nitrogens with zero attached hydrogens (tertiary/aromatic N) is 3. The Hall–Kier alpha value is -1.95. The number of ether oxygens (including phenoxy) is 1. The molecule has 0 aliphatic carbocycles. The number of hydrogen-bond donors (Lipinski definition) is 1. The quantitative estimate of drug-likeness (QED) is 0.720. The number of aliphatic hydroxyl groups excluding tert-OH is 1. The first-order chi connectivity index (χ1) is 13.7. The maximum atomic E-state index is 10.4. The summed E-state index contributed by atoms with van der Waals surface area (Å²) in [5.74, 6) is 0.821. The Morgan fingerprint density at radius 3 is 2.57 bits per heavy atom. The molecule has 5 heteroatoms. The van der Waals surface area contributed by atoms with Crippen molar-refractivity contribution in [3.63, 3.8) is 0 Å². The Bertz CT molecular complexity index is 687. The second kappa shape index (κ2) is 11.1. The van der Waals surface area contributed by atoms with Gasteiger partial charge in [0.2, 0.25) is 0 Å². The Morgan fingerprint density at radius 1 is 1.07 bits per heavy atom. The zero-order valence-corrected chi connectivity index (χ0v) is 17.0. The van der Waals surface area contributed by atoms with Crippen LogP contribution in [0.2, 0.25) is 0 Å². The fourth-order valence-electron chi connectivity index (χ4n) is 3.77. The minimum Gasteiger partial charge on any atom is -0.491 e. The Balaban J connectivity index is 1.44. The zero-order valence-electron chi connectivity index (χ0n) is 17.0. The van der Waals surface area contributed by atoms with Gasteiger partial charge in [-0.05, 0) is 62.3 Å². The van der Waals surface area contributed by atoms with Crippen LogP contribution in [0.1, 0.15) is 36.8 Å². The predicted molar refractivity (Wildman–Crippen MR) is 112 cm³/mol. The average Bonchev–Trinajstić information content (AvgIpc) is 2.96. The van der Waals surface area contributed by atoms with Crippen LogP contribution in [0.25, 0.3) is 0 Å². The second-order valence-electron chi connectivity index (χ2n) is 7.86.